The number of halogens is 2. The van der Waals surface area contributed by atoms with Gasteiger partial charge in [-0.1, -0.05) is 31.5 Å². The van der Waals surface area contributed by atoms with E-state index in [0.717, 1.165) is 32.4 Å². The fourth-order valence-corrected chi connectivity index (χ4v) is 3.17. The van der Waals surface area contributed by atoms with Crippen molar-refractivity contribution in [2.24, 2.45) is 5.92 Å². The molecule has 0 aromatic heterocycles. The van der Waals surface area contributed by atoms with Crippen LogP contribution in [0.5, 0.6) is 0 Å². The zero-order chi connectivity index (χ0) is 14.5. The van der Waals surface area contributed by atoms with Crippen LogP contribution in [0.25, 0.3) is 0 Å². The van der Waals surface area contributed by atoms with Crippen LogP contribution in [0.15, 0.2) is 18.2 Å². The van der Waals surface area contributed by atoms with E-state index in [2.05, 4.69) is 19.2 Å². The zero-order valence-electron chi connectivity index (χ0n) is 12.2. The van der Waals surface area contributed by atoms with Crippen molar-refractivity contribution in [2.75, 3.05) is 13.2 Å². The van der Waals surface area contributed by atoms with Gasteiger partial charge in [0, 0.05) is 29.2 Å². The van der Waals surface area contributed by atoms with Crippen molar-refractivity contribution in [3.8, 4) is 0 Å². The number of nitrogens with one attached hydrogen (secondary N) is 1. The van der Waals surface area contributed by atoms with Crippen LogP contribution in [-0.2, 0) is 4.74 Å². The molecule has 1 aliphatic heterocycles. The summed E-state index contributed by atoms with van der Waals surface area (Å²) < 4.78 is 20.0. The molecule has 1 aromatic rings. The number of hydrogen-bond acceptors (Lipinski definition) is 2. The maximum absolute atomic E-state index is 14.2. The summed E-state index contributed by atoms with van der Waals surface area (Å²) in [7, 11) is 0. The summed E-state index contributed by atoms with van der Waals surface area (Å²) in [6.45, 7) is 5.88. The molecular formula is C16H23ClFNO. The van der Waals surface area contributed by atoms with Gasteiger partial charge in [-0.25, -0.2) is 4.39 Å². The molecule has 3 unspecified atom stereocenters. The van der Waals surface area contributed by atoms with Gasteiger partial charge in [-0.15, -0.1) is 0 Å². The molecule has 1 saturated heterocycles. The highest BCUT2D eigenvalue weighted by molar-refractivity contribution is 6.30. The largest absolute Gasteiger partial charge is 0.378 e. The summed E-state index contributed by atoms with van der Waals surface area (Å²) in [4.78, 5) is 0. The number of hydrogen-bond donors (Lipinski definition) is 1. The molecule has 1 N–H and O–H groups in total. The highest BCUT2D eigenvalue weighted by Crippen LogP contribution is 2.36. The van der Waals surface area contributed by atoms with Crippen LogP contribution in [0.4, 0.5) is 4.39 Å². The first kappa shape index (κ1) is 15.7. The van der Waals surface area contributed by atoms with E-state index in [1.165, 1.54) is 6.07 Å². The highest BCUT2D eigenvalue weighted by atomic mass is 35.5. The van der Waals surface area contributed by atoms with Crippen molar-refractivity contribution >= 4 is 11.6 Å². The topological polar surface area (TPSA) is 21.3 Å². The van der Waals surface area contributed by atoms with E-state index in [0.29, 0.717) is 16.5 Å². The van der Waals surface area contributed by atoms with E-state index in [4.69, 9.17) is 16.3 Å². The SMILES string of the molecule is CCCNC(c1ccc(Cl)cc1F)C1CCOC1CC. The maximum Gasteiger partial charge on any atom is 0.129 e. The molecule has 0 bridgehead atoms. The van der Waals surface area contributed by atoms with Crippen LogP contribution < -0.4 is 5.32 Å². The molecule has 1 heterocycles. The fraction of sp³-hybridized carbons (Fsp3) is 0.625. The first-order valence-corrected chi connectivity index (χ1v) is 7.85. The van der Waals surface area contributed by atoms with E-state index in [-0.39, 0.29) is 18.0 Å². The van der Waals surface area contributed by atoms with Crippen LogP contribution in [-0.4, -0.2) is 19.3 Å². The van der Waals surface area contributed by atoms with Gasteiger partial charge in [0.1, 0.15) is 5.82 Å². The minimum absolute atomic E-state index is 0.000309. The molecule has 0 spiro atoms. The minimum Gasteiger partial charge on any atom is -0.378 e. The van der Waals surface area contributed by atoms with E-state index in [1.54, 1.807) is 12.1 Å². The molecule has 112 valence electrons. The van der Waals surface area contributed by atoms with Gasteiger partial charge >= 0.3 is 0 Å². The van der Waals surface area contributed by atoms with Crippen molar-refractivity contribution in [3.63, 3.8) is 0 Å². The number of benzene rings is 1. The van der Waals surface area contributed by atoms with Gasteiger partial charge in [0.25, 0.3) is 0 Å². The van der Waals surface area contributed by atoms with Crippen molar-refractivity contribution in [1.82, 2.24) is 5.32 Å². The number of ether oxygens (including phenoxy) is 1. The van der Waals surface area contributed by atoms with Crippen LogP contribution in [0.3, 0.4) is 0 Å². The average molecular weight is 300 g/mol. The van der Waals surface area contributed by atoms with E-state index >= 15 is 0 Å². The fourth-order valence-electron chi connectivity index (χ4n) is 3.01. The zero-order valence-corrected chi connectivity index (χ0v) is 12.9. The molecule has 4 heteroatoms. The molecule has 0 amide bonds. The third kappa shape index (κ3) is 3.51. The lowest BCUT2D eigenvalue weighted by molar-refractivity contribution is 0.0770. The second-order valence-corrected chi connectivity index (χ2v) is 5.80. The Balaban J connectivity index is 2.26. The van der Waals surface area contributed by atoms with E-state index < -0.39 is 0 Å². The van der Waals surface area contributed by atoms with Gasteiger partial charge in [-0.3, -0.25) is 0 Å². The lowest BCUT2D eigenvalue weighted by Gasteiger charge is -2.29. The third-order valence-corrected chi connectivity index (χ3v) is 4.24. The Bertz CT molecular complexity index is 440. The first-order chi connectivity index (χ1) is 9.67. The predicted octanol–water partition coefficient (Wildman–Crippen LogP) is 4.33. The van der Waals surface area contributed by atoms with Crippen molar-refractivity contribution in [3.05, 3.63) is 34.6 Å². The lowest BCUT2D eigenvalue weighted by Crippen LogP contribution is -2.34. The summed E-state index contributed by atoms with van der Waals surface area (Å²) in [6, 6.07) is 4.96. The first-order valence-electron chi connectivity index (χ1n) is 7.47. The Kier molecular flexibility index (Phi) is 5.82. The lowest BCUT2D eigenvalue weighted by atomic mass is 9.86. The van der Waals surface area contributed by atoms with Gasteiger partial charge < -0.3 is 10.1 Å². The Morgan fingerprint density at radius 1 is 1.45 bits per heavy atom. The minimum atomic E-state index is -0.229. The molecule has 1 aliphatic rings. The van der Waals surface area contributed by atoms with Gasteiger partial charge in [-0.05, 0) is 37.9 Å². The van der Waals surface area contributed by atoms with Gasteiger partial charge in [0.15, 0.2) is 0 Å². The van der Waals surface area contributed by atoms with Crippen molar-refractivity contribution in [2.45, 2.75) is 45.3 Å². The highest BCUT2D eigenvalue weighted by Gasteiger charge is 2.35. The molecule has 3 atom stereocenters. The van der Waals surface area contributed by atoms with Crippen LogP contribution >= 0.6 is 11.6 Å². The molecule has 0 saturated carbocycles. The monoisotopic (exact) mass is 299 g/mol. The molecule has 0 radical (unpaired) electrons. The van der Waals surface area contributed by atoms with E-state index in [9.17, 15) is 4.39 Å². The molecule has 0 aliphatic carbocycles. The van der Waals surface area contributed by atoms with Crippen molar-refractivity contribution in [1.29, 1.82) is 0 Å². The summed E-state index contributed by atoms with van der Waals surface area (Å²) in [6.07, 6.45) is 3.17. The van der Waals surface area contributed by atoms with Crippen LogP contribution in [0.1, 0.15) is 44.7 Å². The summed E-state index contributed by atoms with van der Waals surface area (Å²) >= 11 is 5.86. The standard InChI is InChI=1S/C16H23ClFNO/c1-3-8-19-16(13-7-9-20-15(13)4-2)12-6-5-11(17)10-14(12)18/h5-6,10,13,15-16,19H,3-4,7-9H2,1-2H3. The van der Waals surface area contributed by atoms with E-state index in [1.807, 2.05) is 0 Å². The Hall–Kier alpha value is -0.640. The third-order valence-electron chi connectivity index (χ3n) is 4.00. The molecular weight excluding hydrogens is 277 g/mol. The molecule has 2 rings (SSSR count). The predicted molar refractivity (Wildman–Crippen MR) is 80.6 cm³/mol. The van der Waals surface area contributed by atoms with Gasteiger partial charge in [0.2, 0.25) is 0 Å². The molecule has 2 nitrogen and oxygen atoms in total. The Labute approximate surface area is 125 Å². The molecule has 20 heavy (non-hydrogen) atoms. The van der Waals surface area contributed by atoms with Crippen LogP contribution in [0, 0.1) is 11.7 Å². The Morgan fingerprint density at radius 3 is 2.90 bits per heavy atom. The summed E-state index contributed by atoms with van der Waals surface area (Å²) in [5.41, 5.74) is 0.705. The second kappa shape index (κ2) is 7.39. The maximum atomic E-state index is 14.2. The second-order valence-electron chi connectivity index (χ2n) is 5.37. The van der Waals surface area contributed by atoms with Crippen molar-refractivity contribution < 1.29 is 9.13 Å². The normalized spacial score (nSPS) is 24.0. The van der Waals surface area contributed by atoms with Gasteiger partial charge in [-0.2, -0.15) is 0 Å². The van der Waals surface area contributed by atoms with Crippen LogP contribution in [0.2, 0.25) is 5.02 Å². The smallest absolute Gasteiger partial charge is 0.129 e. The number of rotatable bonds is 6. The summed E-state index contributed by atoms with van der Waals surface area (Å²) in [5.74, 6) is 0.0927. The quantitative estimate of drug-likeness (QED) is 0.844. The van der Waals surface area contributed by atoms with Gasteiger partial charge in [0.05, 0.1) is 6.10 Å². The molecule has 1 aromatic carbocycles. The molecule has 1 fully saturated rings. The Morgan fingerprint density at radius 2 is 2.25 bits per heavy atom. The summed E-state index contributed by atoms with van der Waals surface area (Å²) in [5, 5.41) is 3.93. The average Bonchev–Trinajstić information content (AvgIpc) is 2.89.